The Balaban J connectivity index is 2.40. The van der Waals surface area contributed by atoms with Crippen molar-refractivity contribution in [2.75, 3.05) is 24.3 Å². The average molecular weight is 434 g/mol. The lowest BCUT2D eigenvalue weighted by Gasteiger charge is -2.19. The van der Waals surface area contributed by atoms with Gasteiger partial charge < -0.3 is 10.2 Å². The predicted molar refractivity (Wildman–Crippen MR) is 92.9 cm³/mol. The van der Waals surface area contributed by atoms with Crippen molar-refractivity contribution >= 4 is 39.9 Å². The van der Waals surface area contributed by atoms with Crippen LogP contribution in [0.2, 0.25) is 0 Å². The molecule has 0 saturated carbocycles. The molecule has 0 aliphatic rings. The van der Waals surface area contributed by atoms with Crippen LogP contribution >= 0.6 is 22.6 Å². The van der Waals surface area contributed by atoms with E-state index in [2.05, 4.69) is 5.32 Å². The van der Waals surface area contributed by atoms with Crippen molar-refractivity contribution < 1.29 is 18.0 Å². The number of hydrogen-bond acceptors (Lipinski definition) is 2. The fraction of sp³-hybridized carbons (Fsp3) is 0.188. The third kappa shape index (κ3) is 4.15. The van der Waals surface area contributed by atoms with Gasteiger partial charge in [-0.1, -0.05) is 12.1 Å². The molecule has 3 nitrogen and oxygen atoms in total. The van der Waals surface area contributed by atoms with Gasteiger partial charge in [0, 0.05) is 23.4 Å². The van der Waals surface area contributed by atoms with E-state index in [0.29, 0.717) is 14.8 Å². The Morgan fingerprint density at radius 2 is 1.78 bits per heavy atom. The number of alkyl halides is 3. The quantitative estimate of drug-likeness (QED) is 0.715. The monoisotopic (exact) mass is 434 g/mol. The van der Waals surface area contributed by atoms with Gasteiger partial charge in [0.2, 0.25) is 0 Å². The molecular weight excluding hydrogens is 420 g/mol. The van der Waals surface area contributed by atoms with Crippen LogP contribution in [0, 0.1) is 3.57 Å². The molecule has 1 amide bonds. The van der Waals surface area contributed by atoms with Crippen LogP contribution in [0.4, 0.5) is 24.5 Å². The summed E-state index contributed by atoms with van der Waals surface area (Å²) in [6, 6.07) is 10.5. The van der Waals surface area contributed by atoms with Crippen LogP contribution in [-0.2, 0) is 6.18 Å². The van der Waals surface area contributed by atoms with E-state index in [0.717, 1.165) is 6.07 Å². The van der Waals surface area contributed by atoms with Crippen molar-refractivity contribution in [3.63, 3.8) is 0 Å². The first-order chi connectivity index (χ1) is 10.7. The minimum absolute atomic E-state index is 0.257. The Bertz CT molecular complexity index is 730. The van der Waals surface area contributed by atoms with Crippen molar-refractivity contribution in [2.24, 2.45) is 0 Å². The standard InChI is InChI=1S/C16H14F3IN2O/c1-22(2)10-7-8-14(12(9-10)16(17,18)19)21-15(23)11-5-3-4-6-13(11)20/h3-9H,1-2H3,(H,21,23). The molecule has 0 heterocycles. The minimum Gasteiger partial charge on any atom is -0.378 e. The largest absolute Gasteiger partial charge is 0.418 e. The van der Waals surface area contributed by atoms with Crippen LogP contribution in [0.15, 0.2) is 42.5 Å². The van der Waals surface area contributed by atoms with Crippen LogP contribution in [0.1, 0.15) is 15.9 Å². The molecule has 1 N–H and O–H groups in total. The Morgan fingerprint density at radius 1 is 1.13 bits per heavy atom. The van der Waals surface area contributed by atoms with Gasteiger partial charge in [-0.2, -0.15) is 13.2 Å². The maximum Gasteiger partial charge on any atom is 0.418 e. The van der Waals surface area contributed by atoms with Gasteiger partial charge in [0.05, 0.1) is 16.8 Å². The maximum atomic E-state index is 13.3. The summed E-state index contributed by atoms with van der Waals surface area (Å²) in [5.41, 5.74) is -0.390. The molecule has 7 heteroatoms. The van der Waals surface area contributed by atoms with Crippen molar-refractivity contribution in [1.82, 2.24) is 0 Å². The van der Waals surface area contributed by atoms with E-state index in [1.807, 2.05) is 22.6 Å². The molecule has 23 heavy (non-hydrogen) atoms. The zero-order chi connectivity index (χ0) is 17.2. The number of carbonyl (C=O) groups is 1. The molecule has 0 aliphatic carbocycles. The first-order valence-corrected chi connectivity index (χ1v) is 7.72. The molecule has 0 radical (unpaired) electrons. The van der Waals surface area contributed by atoms with Gasteiger partial charge >= 0.3 is 6.18 Å². The van der Waals surface area contributed by atoms with E-state index in [-0.39, 0.29) is 5.69 Å². The maximum absolute atomic E-state index is 13.3. The van der Waals surface area contributed by atoms with Gasteiger partial charge in [0.15, 0.2) is 0 Å². The van der Waals surface area contributed by atoms with E-state index in [1.165, 1.54) is 12.1 Å². The van der Waals surface area contributed by atoms with Gasteiger partial charge in [0.25, 0.3) is 5.91 Å². The molecule has 2 aromatic carbocycles. The van der Waals surface area contributed by atoms with Crippen LogP contribution in [0.5, 0.6) is 0 Å². The fourth-order valence-corrected chi connectivity index (χ4v) is 2.62. The molecule has 0 aliphatic heterocycles. The summed E-state index contributed by atoms with van der Waals surface area (Å²) in [4.78, 5) is 13.8. The third-order valence-electron chi connectivity index (χ3n) is 3.19. The van der Waals surface area contributed by atoms with Gasteiger partial charge in [0.1, 0.15) is 0 Å². The van der Waals surface area contributed by atoms with Crippen molar-refractivity contribution in [1.29, 1.82) is 0 Å². The van der Waals surface area contributed by atoms with E-state index in [9.17, 15) is 18.0 Å². The molecule has 0 aromatic heterocycles. The first kappa shape index (κ1) is 17.6. The highest BCUT2D eigenvalue weighted by Crippen LogP contribution is 2.37. The minimum atomic E-state index is -4.56. The number of nitrogens with zero attached hydrogens (tertiary/aromatic N) is 1. The average Bonchev–Trinajstić information content (AvgIpc) is 2.46. The van der Waals surface area contributed by atoms with Gasteiger partial charge in [-0.05, 0) is 52.9 Å². The summed E-state index contributed by atoms with van der Waals surface area (Å²) in [5, 5.41) is 2.36. The summed E-state index contributed by atoms with van der Waals surface area (Å²) >= 11 is 1.97. The topological polar surface area (TPSA) is 32.3 Å². The summed E-state index contributed by atoms with van der Waals surface area (Å²) in [7, 11) is 3.31. The lowest BCUT2D eigenvalue weighted by molar-refractivity contribution is -0.136. The van der Waals surface area contributed by atoms with Crippen LogP contribution < -0.4 is 10.2 Å². The second kappa shape index (κ2) is 6.77. The van der Waals surface area contributed by atoms with Crippen LogP contribution in [0.3, 0.4) is 0 Å². The lowest BCUT2D eigenvalue weighted by atomic mass is 10.1. The molecule has 0 bridgehead atoms. The summed E-state index contributed by atoms with van der Waals surface area (Å²) in [6.45, 7) is 0. The third-order valence-corrected chi connectivity index (χ3v) is 4.13. The Morgan fingerprint density at radius 3 is 2.35 bits per heavy atom. The number of amides is 1. The SMILES string of the molecule is CN(C)c1ccc(NC(=O)c2ccccc2I)c(C(F)(F)F)c1. The van der Waals surface area contributed by atoms with Crippen molar-refractivity contribution in [3.05, 3.63) is 57.2 Å². The molecule has 122 valence electrons. The smallest absolute Gasteiger partial charge is 0.378 e. The number of anilines is 2. The van der Waals surface area contributed by atoms with Crippen molar-refractivity contribution in [2.45, 2.75) is 6.18 Å². The highest BCUT2D eigenvalue weighted by molar-refractivity contribution is 14.1. The molecule has 0 saturated heterocycles. The van der Waals surface area contributed by atoms with Gasteiger partial charge in [-0.15, -0.1) is 0 Å². The molecule has 0 fully saturated rings. The zero-order valence-corrected chi connectivity index (χ0v) is 14.6. The molecule has 0 spiro atoms. The van der Waals surface area contributed by atoms with E-state index in [4.69, 9.17) is 0 Å². The number of hydrogen-bond donors (Lipinski definition) is 1. The molecule has 0 atom stereocenters. The second-order valence-corrected chi connectivity index (χ2v) is 6.22. The number of carbonyl (C=O) groups excluding carboxylic acids is 1. The first-order valence-electron chi connectivity index (χ1n) is 6.64. The van der Waals surface area contributed by atoms with Gasteiger partial charge in [-0.3, -0.25) is 4.79 Å². The van der Waals surface area contributed by atoms with E-state index in [1.54, 1.807) is 43.3 Å². The van der Waals surface area contributed by atoms with Crippen LogP contribution in [-0.4, -0.2) is 20.0 Å². The molecule has 2 rings (SSSR count). The Labute approximate surface area is 145 Å². The lowest BCUT2D eigenvalue weighted by Crippen LogP contribution is -2.18. The normalized spacial score (nSPS) is 11.2. The summed E-state index contributed by atoms with van der Waals surface area (Å²) < 4.78 is 40.4. The highest BCUT2D eigenvalue weighted by atomic mass is 127. The van der Waals surface area contributed by atoms with E-state index < -0.39 is 17.6 Å². The number of nitrogens with one attached hydrogen (secondary N) is 1. The fourth-order valence-electron chi connectivity index (χ4n) is 1.99. The highest BCUT2D eigenvalue weighted by Gasteiger charge is 2.34. The Kier molecular flexibility index (Phi) is 5.18. The zero-order valence-electron chi connectivity index (χ0n) is 12.4. The number of rotatable bonds is 3. The number of benzene rings is 2. The van der Waals surface area contributed by atoms with Crippen molar-refractivity contribution in [3.8, 4) is 0 Å². The molecular formula is C16H14F3IN2O. The number of halogens is 4. The van der Waals surface area contributed by atoms with Gasteiger partial charge in [-0.25, -0.2) is 0 Å². The van der Waals surface area contributed by atoms with Crippen LogP contribution in [0.25, 0.3) is 0 Å². The summed E-state index contributed by atoms with van der Waals surface area (Å²) in [6.07, 6.45) is -4.56. The second-order valence-electron chi connectivity index (χ2n) is 5.06. The summed E-state index contributed by atoms with van der Waals surface area (Å²) in [5.74, 6) is -0.571. The predicted octanol–water partition coefficient (Wildman–Crippen LogP) is 4.63. The van der Waals surface area contributed by atoms with E-state index >= 15 is 0 Å². The molecule has 0 unspecified atom stereocenters. The Hall–Kier alpha value is -1.77. The molecule has 2 aromatic rings.